The monoisotopic (exact) mass is 311 g/mol. The van der Waals surface area contributed by atoms with E-state index in [1.54, 1.807) is 29.9 Å². The number of benzene rings is 1. The van der Waals surface area contributed by atoms with Gasteiger partial charge in [0, 0.05) is 11.6 Å². The molecule has 120 valence electrons. The third-order valence-electron chi connectivity index (χ3n) is 3.24. The van der Waals surface area contributed by atoms with Crippen LogP contribution in [0.1, 0.15) is 27.2 Å². The second-order valence-corrected chi connectivity index (χ2v) is 5.04. The van der Waals surface area contributed by atoms with Crippen LogP contribution in [0.15, 0.2) is 59.2 Å². The Morgan fingerprint density at radius 3 is 2.74 bits per heavy atom. The minimum Gasteiger partial charge on any atom is -0.478 e. The fraction of sp³-hybridized carbons (Fsp3) is 0.278. The minimum absolute atomic E-state index is 0.270. The van der Waals surface area contributed by atoms with Crippen LogP contribution >= 0.6 is 0 Å². The molecule has 0 saturated carbocycles. The van der Waals surface area contributed by atoms with Crippen LogP contribution in [-0.2, 0) is 4.79 Å². The van der Waals surface area contributed by atoms with Crippen molar-refractivity contribution in [1.29, 1.82) is 0 Å². The lowest BCUT2D eigenvalue weighted by atomic mass is 10.3. The number of nitrogens with zero attached hydrogens (tertiary/aromatic N) is 3. The fourth-order valence-corrected chi connectivity index (χ4v) is 1.86. The molecule has 0 radical (unpaired) electrons. The molecule has 1 aromatic heterocycles. The molecular weight excluding hydrogens is 290 g/mol. The van der Waals surface area contributed by atoms with E-state index in [-0.39, 0.29) is 5.91 Å². The Kier molecular flexibility index (Phi) is 5.86. The average Bonchev–Trinajstić information content (AvgIpc) is 2.60. The standard InChI is InChI=1S/C18H21N3O2/c1-4-11-23-17-12-15(20-18(22)14(3)5-2)13-19-21(17)16-9-7-6-8-10-16/h5-10,12-13H,4,11H2,1-3H3. The van der Waals surface area contributed by atoms with Gasteiger partial charge in [0.2, 0.25) is 5.88 Å². The predicted molar refractivity (Wildman–Crippen MR) is 89.4 cm³/mol. The average molecular weight is 311 g/mol. The van der Waals surface area contributed by atoms with E-state index in [9.17, 15) is 4.79 Å². The number of allylic oxidation sites excluding steroid dienone is 1. The highest BCUT2D eigenvalue weighted by atomic mass is 16.5. The van der Waals surface area contributed by atoms with Crippen LogP contribution in [0.5, 0.6) is 5.88 Å². The van der Waals surface area contributed by atoms with Crippen molar-refractivity contribution in [1.82, 2.24) is 9.78 Å². The van der Waals surface area contributed by atoms with Gasteiger partial charge in [-0.1, -0.05) is 31.2 Å². The highest BCUT2D eigenvalue weighted by Gasteiger charge is 2.06. The molecule has 0 aliphatic heterocycles. The number of carbonyl (C=O) groups excluding carboxylic acids is 1. The Balaban J connectivity index is 2.46. The van der Waals surface area contributed by atoms with Crippen molar-refractivity contribution < 1.29 is 9.53 Å². The predicted octanol–water partition coefficient (Wildman–Crippen LogP) is 3.05. The lowest BCUT2D eigenvalue weighted by Crippen LogP contribution is -2.15. The van der Waals surface area contributed by atoms with Crippen molar-refractivity contribution in [2.75, 3.05) is 6.61 Å². The highest BCUT2D eigenvalue weighted by Crippen LogP contribution is 2.14. The summed E-state index contributed by atoms with van der Waals surface area (Å²) in [6.07, 6.45) is 4.18. The first-order valence-electron chi connectivity index (χ1n) is 7.65. The van der Waals surface area contributed by atoms with Gasteiger partial charge in [-0.3, -0.25) is 4.79 Å². The first kappa shape index (κ1) is 16.7. The summed E-state index contributed by atoms with van der Waals surface area (Å²) < 4.78 is 7.46. The number of rotatable bonds is 5. The van der Waals surface area contributed by atoms with Crippen molar-refractivity contribution >= 4 is 5.91 Å². The molecular formula is C18H21N3O2. The van der Waals surface area contributed by atoms with Gasteiger partial charge < -0.3 is 4.74 Å². The number of amides is 1. The van der Waals surface area contributed by atoms with E-state index in [1.807, 2.05) is 44.2 Å². The van der Waals surface area contributed by atoms with Crippen LogP contribution in [0.4, 0.5) is 0 Å². The van der Waals surface area contributed by atoms with Crippen LogP contribution in [0, 0.1) is 0 Å². The zero-order chi connectivity index (χ0) is 16.7. The topological polar surface area (TPSA) is 56.5 Å². The number of hydrogen-bond donors (Lipinski definition) is 0. The van der Waals surface area contributed by atoms with Gasteiger partial charge in [0.05, 0.1) is 23.8 Å². The number of aromatic nitrogens is 2. The Morgan fingerprint density at radius 2 is 2.09 bits per heavy atom. The molecule has 0 spiro atoms. The van der Waals surface area contributed by atoms with Crippen molar-refractivity contribution in [3.63, 3.8) is 0 Å². The second-order valence-electron chi connectivity index (χ2n) is 5.04. The van der Waals surface area contributed by atoms with E-state index in [0.717, 1.165) is 12.1 Å². The third-order valence-corrected chi connectivity index (χ3v) is 3.24. The quantitative estimate of drug-likeness (QED) is 0.797. The molecule has 0 unspecified atom stereocenters. The van der Waals surface area contributed by atoms with Crippen LogP contribution in [0.2, 0.25) is 0 Å². The largest absolute Gasteiger partial charge is 0.478 e. The van der Waals surface area contributed by atoms with E-state index in [2.05, 4.69) is 10.1 Å². The Bertz CT molecular complexity index is 761. The van der Waals surface area contributed by atoms with E-state index in [0.29, 0.717) is 23.4 Å². The molecule has 0 atom stereocenters. The number of hydrogen-bond acceptors (Lipinski definition) is 3. The zero-order valence-electron chi connectivity index (χ0n) is 13.7. The number of carbonyl (C=O) groups is 1. The summed E-state index contributed by atoms with van der Waals surface area (Å²) in [6.45, 7) is 6.15. The smallest absolute Gasteiger partial charge is 0.272 e. The first-order chi connectivity index (χ1) is 11.2. The van der Waals surface area contributed by atoms with Crippen LogP contribution in [-0.4, -0.2) is 22.3 Å². The van der Waals surface area contributed by atoms with Gasteiger partial charge in [-0.2, -0.15) is 5.10 Å². The third kappa shape index (κ3) is 4.39. The van der Waals surface area contributed by atoms with E-state index in [1.165, 1.54) is 0 Å². The molecule has 0 saturated heterocycles. The number of ether oxygens (including phenoxy) is 1. The normalized spacial score (nSPS) is 12.3. The Morgan fingerprint density at radius 1 is 1.35 bits per heavy atom. The Labute approximate surface area is 136 Å². The molecule has 5 heteroatoms. The van der Waals surface area contributed by atoms with Gasteiger partial charge >= 0.3 is 0 Å². The molecule has 0 aliphatic rings. The molecule has 0 N–H and O–H groups in total. The molecule has 23 heavy (non-hydrogen) atoms. The maximum absolute atomic E-state index is 11.9. The van der Waals surface area contributed by atoms with Crippen molar-refractivity contribution in [3.05, 3.63) is 59.6 Å². The molecule has 2 rings (SSSR count). The molecule has 0 aliphatic carbocycles. The highest BCUT2D eigenvalue weighted by molar-refractivity contribution is 5.93. The summed E-state index contributed by atoms with van der Waals surface area (Å²) in [7, 11) is 0. The van der Waals surface area contributed by atoms with E-state index < -0.39 is 0 Å². The zero-order valence-corrected chi connectivity index (χ0v) is 13.7. The summed E-state index contributed by atoms with van der Waals surface area (Å²) in [5.74, 6) is 0.290. The summed E-state index contributed by atoms with van der Waals surface area (Å²) in [5.41, 5.74) is 1.49. The summed E-state index contributed by atoms with van der Waals surface area (Å²) in [4.78, 5) is 16.0. The van der Waals surface area contributed by atoms with Crippen LogP contribution in [0.25, 0.3) is 5.69 Å². The maximum Gasteiger partial charge on any atom is 0.272 e. The maximum atomic E-state index is 11.9. The van der Waals surface area contributed by atoms with Gasteiger partial charge in [-0.15, -0.1) is 0 Å². The molecule has 1 aromatic carbocycles. The summed E-state index contributed by atoms with van der Waals surface area (Å²) >= 11 is 0. The lowest BCUT2D eigenvalue weighted by molar-refractivity contribution is -0.114. The van der Waals surface area contributed by atoms with Crippen molar-refractivity contribution in [3.8, 4) is 11.6 Å². The summed E-state index contributed by atoms with van der Waals surface area (Å²) in [6, 6.07) is 11.4. The van der Waals surface area contributed by atoms with Crippen LogP contribution in [0.3, 0.4) is 0 Å². The molecule has 1 heterocycles. The second kappa shape index (κ2) is 8.08. The lowest BCUT2D eigenvalue weighted by Gasteiger charge is -2.12. The van der Waals surface area contributed by atoms with Crippen molar-refractivity contribution in [2.45, 2.75) is 27.2 Å². The molecule has 1 amide bonds. The van der Waals surface area contributed by atoms with Gasteiger partial charge in [-0.05, 0) is 32.4 Å². The van der Waals surface area contributed by atoms with E-state index >= 15 is 0 Å². The van der Waals surface area contributed by atoms with Gasteiger partial charge in [-0.25, -0.2) is 9.67 Å². The van der Waals surface area contributed by atoms with Gasteiger partial charge in [0.1, 0.15) is 0 Å². The van der Waals surface area contributed by atoms with Gasteiger partial charge in [0.15, 0.2) is 0 Å². The molecule has 2 aromatic rings. The SMILES string of the molecule is CC=C(C)C(=O)N=c1cnn(-c2ccccc2)c(OCCC)c1. The first-order valence-corrected chi connectivity index (χ1v) is 7.65. The molecule has 0 bridgehead atoms. The Hall–Kier alpha value is -2.69. The molecule has 5 nitrogen and oxygen atoms in total. The summed E-state index contributed by atoms with van der Waals surface area (Å²) in [5, 5.41) is 4.85. The molecule has 0 fully saturated rings. The van der Waals surface area contributed by atoms with Gasteiger partial charge in [0.25, 0.3) is 5.91 Å². The number of para-hydroxylation sites is 1. The van der Waals surface area contributed by atoms with Crippen LogP contribution < -0.4 is 10.1 Å². The van der Waals surface area contributed by atoms with Crippen molar-refractivity contribution in [2.24, 2.45) is 4.99 Å². The van der Waals surface area contributed by atoms with E-state index in [4.69, 9.17) is 4.74 Å². The minimum atomic E-state index is -0.270. The fourth-order valence-electron chi connectivity index (χ4n) is 1.86.